The van der Waals surface area contributed by atoms with Crippen LogP contribution >= 0.6 is 27.5 Å². The number of aliphatic hydroxyl groups is 1. The fourth-order valence-corrected chi connectivity index (χ4v) is 7.72. The van der Waals surface area contributed by atoms with Crippen molar-refractivity contribution in [3.63, 3.8) is 0 Å². The predicted octanol–water partition coefficient (Wildman–Crippen LogP) is 4.19. The molecule has 0 aromatic heterocycles. The Balaban J connectivity index is 1.76. The summed E-state index contributed by atoms with van der Waals surface area (Å²) < 4.78 is 6.66. The number of rotatable bonds is 14. The zero-order valence-corrected chi connectivity index (χ0v) is 25.4. The lowest BCUT2D eigenvalue weighted by atomic mass is 9.70. The van der Waals surface area contributed by atoms with Gasteiger partial charge in [0.15, 0.2) is 0 Å². The molecule has 3 aliphatic heterocycles. The summed E-state index contributed by atoms with van der Waals surface area (Å²) in [5.74, 6) is -2.08. The summed E-state index contributed by atoms with van der Waals surface area (Å²) in [6, 6.07) is 6.07. The summed E-state index contributed by atoms with van der Waals surface area (Å²) in [4.78, 5) is 47.6. The third-order valence-electron chi connectivity index (χ3n) is 8.24. The average molecular weight is 637 g/mol. The molecule has 6 atom stereocenters. The maximum absolute atomic E-state index is 14.5. The lowest BCUT2D eigenvalue weighted by Crippen LogP contribution is -2.57. The summed E-state index contributed by atoms with van der Waals surface area (Å²) in [7, 11) is 0. The molecule has 3 unspecified atom stereocenters. The van der Waals surface area contributed by atoms with E-state index in [1.54, 1.807) is 51.1 Å². The molecule has 3 amide bonds. The standard InChI is InChI=1S/C30H39BrClN3O5/c1-4-14-33(15-5-2)27(37)23-24-28(38)35(17-8-7-9-18-36)26(30(24)19-22(31)25(23)40-30)29(39)34(16-6-3)21-12-10-20(32)11-13-21/h4,6,10-13,22-26,36H,1,3,5,7-9,14-19H2,2H3/t22?,23-,24+,25-,26?,30?/m1/s1. The van der Waals surface area contributed by atoms with Crippen LogP contribution in [0.5, 0.6) is 0 Å². The van der Waals surface area contributed by atoms with Crippen molar-refractivity contribution in [2.24, 2.45) is 11.8 Å². The van der Waals surface area contributed by atoms with Gasteiger partial charge < -0.3 is 24.5 Å². The first-order valence-corrected chi connectivity index (χ1v) is 15.4. The van der Waals surface area contributed by atoms with Gasteiger partial charge in [0.05, 0.1) is 17.9 Å². The number of hydrogen-bond donors (Lipinski definition) is 1. The van der Waals surface area contributed by atoms with Crippen LogP contribution < -0.4 is 4.90 Å². The topological polar surface area (TPSA) is 90.4 Å². The van der Waals surface area contributed by atoms with Gasteiger partial charge in [-0.1, -0.05) is 46.6 Å². The molecular formula is C30H39BrClN3O5. The van der Waals surface area contributed by atoms with Gasteiger partial charge in [0.25, 0.3) is 5.91 Å². The number of halogens is 2. The van der Waals surface area contributed by atoms with E-state index < -0.39 is 29.6 Å². The van der Waals surface area contributed by atoms with Crippen LogP contribution in [0.1, 0.15) is 39.0 Å². The molecule has 0 aliphatic carbocycles. The molecule has 218 valence electrons. The molecule has 0 radical (unpaired) electrons. The number of likely N-dealkylation sites (tertiary alicyclic amines) is 1. The van der Waals surface area contributed by atoms with Crippen LogP contribution in [-0.2, 0) is 19.1 Å². The van der Waals surface area contributed by atoms with Crippen molar-refractivity contribution >= 4 is 50.9 Å². The van der Waals surface area contributed by atoms with E-state index in [1.165, 1.54) is 0 Å². The summed E-state index contributed by atoms with van der Waals surface area (Å²) in [5.41, 5.74) is -0.500. The second-order valence-electron chi connectivity index (χ2n) is 10.8. The van der Waals surface area contributed by atoms with E-state index in [0.717, 1.165) is 6.42 Å². The lowest BCUT2D eigenvalue weighted by molar-refractivity contribution is -0.145. The first-order chi connectivity index (χ1) is 19.2. The number of aliphatic hydroxyl groups excluding tert-OH is 1. The molecule has 3 aliphatic rings. The highest BCUT2D eigenvalue weighted by Gasteiger charge is 2.76. The maximum atomic E-state index is 14.5. The van der Waals surface area contributed by atoms with Crippen molar-refractivity contribution in [2.45, 2.75) is 61.6 Å². The van der Waals surface area contributed by atoms with Gasteiger partial charge in [0.1, 0.15) is 11.6 Å². The van der Waals surface area contributed by atoms with E-state index in [1.807, 2.05) is 6.92 Å². The van der Waals surface area contributed by atoms with Crippen LogP contribution in [0.4, 0.5) is 5.69 Å². The Hall–Kier alpha value is -2.20. The van der Waals surface area contributed by atoms with Crippen molar-refractivity contribution in [3.8, 4) is 0 Å². The zero-order valence-electron chi connectivity index (χ0n) is 23.0. The number of amides is 3. The summed E-state index contributed by atoms with van der Waals surface area (Å²) in [6.45, 7) is 11.2. The monoisotopic (exact) mass is 635 g/mol. The van der Waals surface area contributed by atoms with Gasteiger partial charge in [0, 0.05) is 48.3 Å². The van der Waals surface area contributed by atoms with E-state index in [0.29, 0.717) is 56.0 Å². The number of anilines is 1. The van der Waals surface area contributed by atoms with E-state index in [-0.39, 0.29) is 35.7 Å². The first-order valence-electron chi connectivity index (χ1n) is 14.1. The third kappa shape index (κ3) is 5.50. The van der Waals surface area contributed by atoms with Crippen LogP contribution in [0.15, 0.2) is 49.6 Å². The van der Waals surface area contributed by atoms with Crippen molar-refractivity contribution < 1.29 is 24.2 Å². The van der Waals surface area contributed by atoms with Crippen molar-refractivity contribution in [1.82, 2.24) is 9.80 Å². The van der Waals surface area contributed by atoms with Gasteiger partial charge in [-0.2, -0.15) is 0 Å². The molecule has 1 aromatic carbocycles. The second-order valence-corrected chi connectivity index (χ2v) is 12.4. The molecule has 40 heavy (non-hydrogen) atoms. The molecule has 0 saturated carbocycles. The lowest BCUT2D eigenvalue weighted by Gasteiger charge is -2.37. The Bertz CT molecular complexity index is 1120. The van der Waals surface area contributed by atoms with Crippen LogP contribution in [-0.4, -0.2) is 88.0 Å². The smallest absolute Gasteiger partial charge is 0.253 e. The van der Waals surface area contributed by atoms with Crippen LogP contribution in [0.25, 0.3) is 0 Å². The summed E-state index contributed by atoms with van der Waals surface area (Å²) in [5, 5.41) is 9.82. The quantitative estimate of drug-likeness (QED) is 0.188. The van der Waals surface area contributed by atoms with Gasteiger partial charge in [-0.15, -0.1) is 13.2 Å². The zero-order chi connectivity index (χ0) is 29.0. The van der Waals surface area contributed by atoms with Crippen molar-refractivity contribution in [3.05, 3.63) is 54.6 Å². The van der Waals surface area contributed by atoms with Crippen molar-refractivity contribution in [1.29, 1.82) is 0 Å². The summed E-state index contributed by atoms with van der Waals surface area (Å²) >= 11 is 9.86. The fraction of sp³-hybridized carbons (Fsp3) is 0.567. The van der Waals surface area contributed by atoms with Gasteiger partial charge in [-0.05, 0) is 56.4 Å². The normalized spacial score (nSPS) is 28.4. The Morgan fingerprint density at radius 3 is 2.50 bits per heavy atom. The maximum Gasteiger partial charge on any atom is 0.253 e. The molecule has 2 bridgehead atoms. The van der Waals surface area contributed by atoms with E-state index in [4.69, 9.17) is 16.3 Å². The molecule has 4 rings (SSSR count). The molecular weight excluding hydrogens is 598 g/mol. The summed E-state index contributed by atoms with van der Waals surface area (Å²) in [6.07, 6.45) is 5.99. The minimum atomic E-state index is -1.14. The SMILES string of the molecule is C=CCN(CCC)C(=O)[C@H]1[C@@H]2OC3(CC2Br)C(C(=O)N(CC=C)c2ccc(Cl)cc2)N(CCCCCO)C(=O)[C@H]13. The Kier molecular flexibility index (Phi) is 10.1. The molecule has 3 saturated heterocycles. The number of ether oxygens (including phenoxy) is 1. The molecule has 3 heterocycles. The third-order valence-corrected chi connectivity index (χ3v) is 9.33. The number of hydrogen-bond acceptors (Lipinski definition) is 5. The fourth-order valence-electron chi connectivity index (χ4n) is 6.65. The Labute approximate surface area is 250 Å². The molecule has 1 N–H and O–H groups in total. The van der Waals surface area contributed by atoms with E-state index >= 15 is 0 Å². The number of carbonyl (C=O) groups excluding carboxylic acids is 3. The van der Waals surface area contributed by atoms with E-state index in [9.17, 15) is 19.5 Å². The van der Waals surface area contributed by atoms with Crippen molar-refractivity contribution in [2.75, 3.05) is 37.7 Å². The predicted molar refractivity (Wildman–Crippen MR) is 159 cm³/mol. The average Bonchev–Trinajstić information content (AvgIpc) is 3.53. The molecule has 3 fully saturated rings. The number of carbonyl (C=O) groups is 3. The number of fused-ring (bicyclic) bond motifs is 1. The minimum absolute atomic E-state index is 0.0652. The largest absolute Gasteiger partial charge is 0.396 e. The molecule has 1 aromatic rings. The molecule has 10 heteroatoms. The highest BCUT2D eigenvalue weighted by atomic mass is 79.9. The van der Waals surface area contributed by atoms with Gasteiger partial charge in [0.2, 0.25) is 11.8 Å². The van der Waals surface area contributed by atoms with Crippen LogP contribution in [0.3, 0.4) is 0 Å². The highest BCUT2D eigenvalue weighted by Crippen LogP contribution is 2.60. The Morgan fingerprint density at radius 1 is 1.18 bits per heavy atom. The van der Waals surface area contributed by atoms with Crippen LogP contribution in [0, 0.1) is 11.8 Å². The second kappa shape index (κ2) is 13.2. The van der Waals surface area contributed by atoms with E-state index in [2.05, 4.69) is 29.1 Å². The highest BCUT2D eigenvalue weighted by molar-refractivity contribution is 9.09. The molecule has 8 nitrogen and oxygen atoms in total. The van der Waals surface area contributed by atoms with Gasteiger partial charge >= 0.3 is 0 Å². The number of benzene rings is 1. The van der Waals surface area contributed by atoms with Crippen LogP contribution in [0.2, 0.25) is 5.02 Å². The number of alkyl halides is 1. The number of unbranched alkanes of at least 4 members (excludes halogenated alkanes) is 2. The van der Waals surface area contributed by atoms with Gasteiger partial charge in [-0.25, -0.2) is 0 Å². The number of nitrogens with zero attached hydrogens (tertiary/aromatic N) is 3. The Morgan fingerprint density at radius 2 is 1.88 bits per heavy atom. The molecule has 1 spiro atoms. The van der Waals surface area contributed by atoms with Gasteiger partial charge in [-0.3, -0.25) is 14.4 Å². The minimum Gasteiger partial charge on any atom is -0.396 e. The first kappa shape index (κ1) is 30.8.